The zero-order valence-electron chi connectivity index (χ0n) is 16.4. The Labute approximate surface area is 184 Å². The quantitative estimate of drug-likeness (QED) is 0.576. The Morgan fingerprint density at radius 3 is 2.67 bits per heavy atom. The van der Waals surface area contributed by atoms with Gasteiger partial charge < -0.3 is 20.5 Å². The molecule has 1 aliphatic rings. The number of ether oxygens (including phenoxy) is 1. The number of carbonyl (C=O) groups is 1. The van der Waals surface area contributed by atoms with Crippen molar-refractivity contribution in [2.45, 2.75) is 12.8 Å². The van der Waals surface area contributed by atoms with E-state index in [2.05, 4.69) is 16.7 Å². The van der Waals surface area contributed by atoms with Crippen LogP contribution in [0.15, 0.2) is 70.4 Å². The summed E-state index contributed by atoms with van der Waals surface area (Å²) in [6, 6.07) is 16.4. The largest absolute Gasteiger partial charge is 0.495 e. The Morgan fingerprint density at radius 1 is 1.30 bits per heavy atom. The molecule has 2 aromatic rings. The van der Waals surface area contributed by atoms with E-state index in [0.29, 0.717) is 43.9 Å². The third-order valence-corrected chi connectivity index (χ3v) is 5.76. The predicted molar refractivity (Wildman–Crippen MR) is 119 cm³/mol. The number of thioether (sulfide) groups is 1. The number of aliphatic hydroxyl groups is 1. The lowest BCUT2D eigenvalue weighted by molar-refractivity contribution is -0.113. The number of amides is 1. The van der Waals surface area contributed by atoms with E-state index in [1.807, 2.05) is 12.1 Å². The molecule has 8 heteroatoms. The lowest BCUT2D eigenvalue weighted by Gasteiger charge is -2.30. The van der Waals surface area contributed by atoms with Gasteiger partial charge in [0.05, 0.1) is 41.3 Å². The van der Waals surface area contributed by atoms with E-state index in [1.54, 1.807) is 43.3 Å². The van der Waals surface area contributed by atoms with Crippen LogP contribution in [0, 0.1) is 11.3 Å². The van der Waals surface area contributed by atoms with Crippen LogP contribution in [0.5, 0.6) is 5.75 Å². The zero-order valence-corrected chi connectivity index (χ0v) is 18.0. The third-order valence-electron chi connectivity index (χ3n) is 4.67. The fraction of sp³-hybridized carbons (Fsp3) is 0.182. The molecule has 0 bridgehead atoms. The summed E-state index contributed by atoms with van der Waals surface area (Å²) in [5.41, 5.74) is 2.41. The molecule has 0 fully saturated rings. The first-order valence-electron chi connectivity index (χ1n) is 9.06. The molecule has 1 atom stereocenters. The number of allylic oxidation sites excluding steroid dienone is 2. The summed E-state index contributed by atoms with van der Waals surface area (Å²) in [7, 11) is 1.53. The van der Waals surface area contributed by atoms with Gasteiger partial charge in [-0.25, -0.2) is 0 Å². The molecule has 0 saturated carbocycles. The highest BCUT2D eigenvalue weighted by atomic mass is 35.5. The van der Waals surface area contributed by atoms with Crippen molar-refractivity contribution in [2.24, 2.45) is 0 Å². The summed E-state index contributed by atoms with van der Waals surface area (Å²) in [6.07, 6.45) is 0. The predicted octanol–water partition coefficient (Wildman–Crippen LogP) is 4.37. The van der Waals surface area contributed by atoms with Gasteiger partial charge >= 0.3 is 0 Å². The third kappa shape index (κ3) is 4.31. The molecular formula is C22H20ClN3O3S. The van der Waals surface area contributed by atoms with Crippen LogP contribution in [-0.2, 0) is 4.79 Å². The highest BCUT2D eigenvalue weighted by Crippen LogP contribution is 2.43. The van der Waals surface area contributed by atoms with E-state index < -0.39 is 5.92 Å². The number of halogens is 1. The molecule has 0 radical (unpaired) electrons. The van der Waals surface area contributed by atoms with Crippen LogP contribution in [-0.4, -0.2) is 24.1 Å². The van der Waals surface area contributed by atoms with E-state index in [1.165, 1.54) is 7.11 Å². The minimum Gasteiger partial charge on any atom is -0.495 e. The number of anilines is 1. The number of hydrogen-bond donors (Lipinski definition) is 3. The SMILES string of the molecule is COc1ccccc1NC(=O)C1=C(C)NC(SCO)=C(C#N)C1c1ccccc1Cl. The molecule has 1 aliphatic heterocycles. The Kier molecular flexibility index (Phi) is 7.06. The van der Waals surface area contributed by atoms with E-state index in [9.17, 15) is 15.2 Å². The minimum absolute atomic E-state index is 0.210. The number of rotatable bonds is 6. The van der Waals surface area contributed by atoms with Crippen molar-refractivity contribution in [3.8, 4) is 11.8 Å². The lowest BCUT2D eigenvalue weighted by Crippen LogP contribution is -2.31. The molecule has 0 aliphatic carbocycles. The van der Waals surface area contributed by atoms with Gasteiger partial charge in [-0.1, -0.05) is 53.7 Å². The van der Waals surface area contributed by atoms with Crippen molar-refractivity contribution in [1.29, 1.82) is 5.26 Å². The number of para-hydroxylation sites is 2. The average molecular weight is 442 g/mol. The van der Waals surface area contributed by atoms with Gasteiger partial charge in [-0.2, -0.15) is 5.26 Å². The molecule has 6 nitrogen and oxygen atoms in total. The van der Waals surface area contributed by atoms with Crippen LogP contribution in [0.25, 0.3) is 0 Å². The van der Waals surface area contributed by atoms with Gasteiger partial charge in [0.15, 0.2) is 0 Å². The van der Waals surface area contributed by atoms with Crippen LogP contribution in [0.1, 0.15) is 18.4 Å². The minimum atomic E-state index is -0.686. The van der Waals surface area contributed by atoms with Crippen molar-refractivity contribution in [1.82, 2.24) is 5.32 Å². The van der Waals surface area contributed by atoms with Crippen molar-refractivity contribution in [2.75, 3.05) is 18.4 Å². The Bertz CT molecular complexity index is 1080. The summed E-state index contributed by atoms with van der Waals surface area (Å²) >= 11 is 7.54. The number of benzene rings is 2. The molecule has 2 aromatic carbocycles. The number of nitrogens with one attached hydrogen (secondary N) is 2. The topological polar surface area (TPSA) is 94.4 Å². The second-order valence-corrected chi connectivity index (χ2v) is 7.76. The first kappa shape index (κ1) is 21.8. The maximum Gasteiger partial charge on any atom is 0.254 e. The number of nitrogens with zero attached hydrogens (tertiary/aromatic N) is 1. The molecule has 30 heavy (non-hydrogen) atoms. The molecule has 3 rings (SSSR count). The van der Waals surface area contributed by atoms with Gasteiger partial charge in [0.25, 0.3) is 5.91 Å². The average Bonchev–Trinajstić information content (AvgIpc) is 2.74. The van der Waals surface area contributed by atoms with E-state index in [0.717, 1.165) is 11.8 Å². The van der Waals surface area contributed by atoms with Crippen molar-refractivity contribution >= 4 is 35.0 Å². The summed E-state index contributed by atoms with van der Waals surface area (Å²) in [5, 5.41) is 26.2. The maximum absolute atomic E-state index is 13.4. The molecule has 1 amide bonds. The Balaban J connectivity index is 2.11. The second-order valence-electron chi connectivity index (χ2n) is 6.40. The van der Waals surface area contributed by atoms with Crippen LogP contribution in [0.4, 0.5) is 5.69 Å². The van der Waals surface area contributed by atoms with Gasteiger partial charge in [-0.3, -0.25) is 4.79 Å². The van der Waals surface area contributed by atoms with Gasteiger partial charge in [-0.15, -0.1) is 0 Å². The molecular weight excluding hydrogens is 422 g/mol. The van der Waals surface area contributed by atoms with Crippen molar-refractivity contribution < 1.29 is 14.6 Å². The van der Waals surface area contributed by atoms with E-state index in [-0.39, 0.29) is 11.8 Å². The number of dihydropyridines is 1. The van der Waals surface area contributed by atoms with Gasteiger partial charge in [-0.05, 0) is 30.7 Å². The van der Waals surface area contributed by atoms with Crippen LogP contribution in [0.3, 0.4) is 0 Å². The normalized spacial score (nSPS) is 16.0. The summed E-state index contributed by atoms with van der Waals surface area (Å²) in [6.45, 7) is 1.76. The highest BCUT2D eigenvalue weighted by Gasteiger charge is 2.35. The molecule has 0 spiro atoms. The monoisotopic (exact) mass is 441 g/mol. The first-order valence-corrected chi connectivity index (χ1v) is 10.4. The fourth-order valence-corrected chi connectivity index (χ4v) is 4.27. The second kappa shape index (κ2) is 9.72. The Morgan fingerprint density at radius 2 is 2.00 bits per heavy atom. The van der Waals surface area contributed by atoms with Gasteiger partial charge in [0.1, 0.15) is 5.75 Å². The molecule has 3 N–H and O–H groups in total. The van der Waals surface area contributed by atoms with Crippen molar-refractivity contribution in [3.05, 3.63) is 81.0 Å². The van der Waals surface area contributed by atoms with Crippen LogP contribution >= 0.6 is 23.4 Å². The maximum atomic E-state index is 13.4. The summed E-state index contributed by atoms with van der Waals surface area (Å²) in [4.78, 5) is 13.4. The van der Waals surface area contributed by atoms with Crippen molar-refractivity contribution in [3.63, 3.8) is 0 Å². The van der Waals surface area contributed by atoms with Crippen LogP contribution < -0.4 is 15.4 Å². The lowest BCUT2D eigenvalue weighted by atomic mass is 9.82. The number of methoxy groups -OCH3 is 1. The molecule has 154 valence electrons. The van der Waals surface area contributed by atoms with Crippen LogP contribution in [0.2, 0.25) is 5.02 Å². The van der Waals surface area contributed by atoms with E-state index >= 15 is 0 Å². The van der Waals surface area contributed by atoms with E-state index in [4.69, 9.17) is 16.3 Å². The Hall–Kier alpha value is -2.92. The number of nitriles is 1. The zero-order chi connectivity index (χ0) is 21.7. The number of hydrogen-bond acceptors (Lipinski definition) is 6. The summed E-state index contributed by atoms with van der Waals surface area (Å²) in [5.74, 6) is -0.752. The molecule has 0 saturated heterocycles. The molecule has 1 heterocycles. The molecule has 0 aromatic heterocycles. The van der Waals surface area contributed by atoms with Gasteiger partial charge in [0, 0.05) is 16.3 Å². The standard InChI is InChI=1S/C22H20ClN3O3S/c1-13-19(21(28)26-17-9-5-6-10-18(17)29-2)20(14-7-3-4-8-16(14)23)15(11-24)22(25-13)30-12-27/h3-10,20,25,27H,12H2,1-2H3,(H,26,28). The molecule has 1 unspecified atom stereocenters. The fourth-order valence-electron chi connectivity index (χ4n) is 3.35. The smallest absolute Gasteiger partial charge is 0.254 e. The number of aliphatic hydroxyl groups excluding tert-OH is 1. The van der Waals surface area contributed by atoms with Gasteiger partial charge in [0.2, 0.25) is 0 Å². The summed E-state index contributed by atoms with van der Waals surface area (Å²) < 4.78 is 5.32. The first-order chi connectivity index (χ1) is 14.5. The highest BCUT2D eigenvalue weighted by molar-refractivity contribution is 8.02. The number of carbonyl (C=O) groups excluding carboxylic acids is 1.